The Bertz CT molecular complexity index is 367. The van der Waals surface area contributed by atoms with Gasteiger partial charge in [0.1, 0.15) is 0 Å². The maximum Gasteiger partial charge on any atom is 0.288 e. The summed E-state index contributed by atoms with van der Waals surface area (Å²) in [5.41, 5.74) is 1.33. The molecule has 0 amide bonds. The molecule has 0 radical (unpaired) electrons. The van der Waals surface area contributed by atoms with Gasteiger partial charge in [0.05, 0.1) is 0 Å². The minimum Gasteiger partial charge on any atom is -0.198 e. The third kappa shape index (κ3) is 4.48. The third-order valence-corrected chi connectivity index (χ3v) is 4.84. The van der Waals surface area contributed by atoms with E-state index in [2.05, 4.69) is 6.92 Å². The topological polar surface area (TPSA) is 0 Å². The van der Waals surface area contributed by atoms with Crippen LogP contribution < -0.4 is 0 Å². The monoisotopic (exact) mass is 284 g/mol. The van der Waals surface area contributed by atoms with Gasteiger partial charge in [0, 0.05) is 4.90 Å². The van der Waals surface area contributed by atoms with E-state index in [-0.39, 0.29) is 0 Å². The van der Waals surface area contributed by atoms with Gasteiger partial charge in [-0.25, -0.2) is 0 Å². The van der Waals surface area contributed by atoms with Crippen molar-refractivity contribution in [2.24, 2.45) is 5.92 Å². The number of hydrogen-bond donors (Lipinski definition) is 0. The number of thioether (sulfide) groups is 1. The van der Waals surface area contributed by atoms with E-state index in [1.54, 1.807) is 0 Å². The molecule has 0 spiro atoms. The molecule has 0 heterocycles. The van der Waals surface area contributed by atoms with Crippen LogP contribution in [0, 0.1) is 5.92 Å². The van der Waals surface area contributed by atoms with Gasteiger partial charge in [-0.1, -0.05) is 43.7 Å². The summed E-state index contributed by atoms with van der Waals surface area (Å²) >= 11 is 0.627. The summed E-state index contributed by atoms with van der Waals surface area (Å²) in [6.07, 6.45) is 7.81. The SMILES string of the molecule is CCC[C@H]1CC[C@H](c2ccc(SC(F)F)cc2)CC1. The Hall–Kier alpha value is -0.570. The van der Waals surface area contributed by atoms with Gasteiger partial charge in [-0.15, -0.1) is 0 Å². The minimum atomic E-state index is -2.32. The second-order valence-corrected chi connectivity index (χ2v) is 6.52. The molecule has 0 bridgehead atoms. The molecule has 0 aliphatic heterocycles. The molecular weight excluding hydrogens is 262 g/mol. The molecule has 1 aliphatic carbocycles. The Morgan fingerprint density at radius 2 is 1.74 bits per heavy atom. The van der Waals surface area contributed by atoms with Crippen LogP contribution in [-0.4, -0.2) is 5.76 Å². The standard InChI is InChI=1S/C16H22F2S/c1-2-3-12-4-6-13(7-5-12)14-8-10-15(11-9-14)19-16(17)18/h8-13,16H,2-7H2,1H3/t12-,13-. The highest BCUT2D eigenvalue weighted by molar-refractivity contribution is 7.99. The summed E-state index contributed by atoms with van der Waals surface area (Å²) in [4.78, 5) is 0.665. The number of alkyl halides is 2. The minimum absolute atomic E-state index is 0.627. The quantitative estimate of drug-likeness (QED) is 0.591. The first-order valence-corrected chi connectivity index (χ1v) is 8.11. The molecule has 3 heteroatoms. The zero-order valence-electron chi connectivity index (χ0n) is 11.4. The maximum absolute atomic E-state index is 12.3. The second kappa shape index (κ2) is 7.28. The van der Waals surface area contributed by atoms with E-state index in [0.717, 1.165) is 5.92 Å². The van der Waals surface area contributed by atoms with E-state index >= 15 is 0 Å². The summed E-state index contributed by atoms with van der Waals surface area (Å²) in [6, 6.07) is 7.75. The molecule has 1 aromatic rings. The lowest BCUT2D eigenvalue weighted by Gasteiger charge is -2.28. The molecule has 0 saturated heterocycles. The molecule has 2 rings (SSSR count). The van der Waals surface area contributed by atoms with Gasteiger partial charge in [-0.2, -0.15) is 8.78 Å². The fourth-order valence-electron chi connectivity index (χ4n) is 3.11. The molecule has 1 aromatic carbocycles. The Morgan fingerprint density at radius 1 is 1.11 bits per heavy atom. The first kappa shape index (κ1) is 14.8. The molecule has 0 aromatic heterocycles. The average Bonchev–Trinajstić information content (AvgIpc) is 2.40. The Morgan fingerprint density at radius 3 is 2.26 bits per heavy atom. The van der Waals surface area contributed by atoms with Crippen molar-refractivity contribution in [3.8, 4) is 0 Å². The largest absolute Gasteiger partial charge is 0.288 e. The second-order valence-electron chi connectivity index (χ2n) is 5.45. The highest BCUT2D eigenvalue weighted by atomic mass is 32.2. The van der Waals surface area contributed by atoms with Crippen LogP contribution in [-0.2, 0) is 0 Å². The van der Waals surface area contributed by atoms with E-state index in [1.807, 2.05) is 24.3 Å². The zero-order chi connectivity index (χ0) is 13.7. The summed E-state index contributed by atoms with van der Waals surface area (Å²) in [5, 5.41) is 0. The van der Waals surface area contributed by atoms with Crippen LogP contribution in [0.5, 0.6) is 0 Å². The summed E-state index contributed by atoms with van der Waals surface area (Å²) in [6.45, 7) is 2.26. The lowest BCUT2D eigenvalue weighted by atomic mass is 9.77. The smallest absolute Gasteiger partial charge is 0.198 e. The van der Waals surface area contributed by atoms with Crippen LogP contribution >= 0.6 is 11.8 Å². The summed E-state index contributed by atoms with van der Waals surface area (Å²) < 4.78 is 24.5. The van der Waals surface area contributed by atoms with Crippen LogP contribution in [0.3, 0.4) is 0 Å². The zero-order valence-corrected chi connectivity index (χ0v) is 12.3. The van der Waals surface area contributed by atoms with Gasteiger partial charge in [0.15, 0.2) is 0 Å². The van der Waals surface area contributed by atoms with Gasteiger partial charge < -0.3 is 0 Å². The van der Waals surface area contributed by atoms with Crippen molar-refractivity contribution in [1.82, 2.24) is 0 Å². The lowest BCUT2D eigenvalue weighted by Crippen LogP contribution is -2.13. The molecule has 19 heavy (non-hydrogen) atoms. The first-order chi connectivity index (χ1) is 9.19. The van der Waals surface area contributed by atoms with Gasteiger partial charge in [-0.3, -0.25) is 0 Å². The van der Waals surface area contributed by atoms with E-state index in [1.165, 1.54) is 44.1 Å². The Balaban J connectivity index is 1.89. The van der Waals surface area contributed by atoms with E-state index in [0.29, 0.717) is 22.6 Å². The van der Waals surface area contributed by atoms with Gasteiger partial charge >= 0.3 is 0 Å². The molecule has 1 aliphatic rings. The number of hydrogen-bond acceptors (Lipinski definition) is 1. The molecule has 0 nitrogen and oxygen atoms in total. The molecule has 1 saturated carbocycles. The van der Waals surface area contributed by atoms with E-state index in [9.17, 15) is 8.78 Å². The number of rotatable bonds is 5. The highest BCUT2D eigenvalue weighted by Crippen LogP contribution is 2.38. The Labute approximate surface area is 119 Å². The van der Waals surface area contributed by atoms with Crippen LogP contribution in [0.2, 0.25) is 0 Å². The van der Waals surface area contributed by atoms with Crippen molar-refractivity contribution in [3.05, 3.63) is 29.8 Å². The average molecular weight is 284 g/mol. The summed E-state index contributed by atoms with van der Waals surface area (Å²) in [7, 11) is 0. The Kier molecular flexibility index (Phi) is 5.68. The molecule has 0 N–H and O–H groups in total. The van der Waals surface area contributed by atoms with Crippen LogP contribution in [0.4, 0.5) is 8.78 Å². The van der Waals surface area contributed by atoms with Crippen molar-refractivity contribution in [3.63, 3.8) is 0 Å². The van der Waals surface area contributed by atoms with Gasteiger partial charge in [0.25, 0.3) is 5.76 Å². The molecule has 0 atom stereocenters. The van der Waals surface area contributed by atoms with Gasteiger partial charge in [-0.05, 0) is 55.2 Å². The fraction of sp³-hybridized carbons (Fsp3) is 0.625. The van der Waals surface area contributed by atoms with Crippen molar-refractivity contribution >= 4 is 11.8 Å². The number of benzene rings is 1. The molecule has 0 unspecified atom stereocenters. The lowest BCUT2D eigenvalue weighted by molar-refractivity contribution is 0.252. The molecular formula is C16H22F2S. The predicted molar refractivity (Wildman–Crippen MR) is 77.9 cm³/mol. The van der Waals surface area contributed by atoms with Crippen LogP contribution in [0.25, 0.3) is 0 Å². The van der Waals surface area contributed by atoms with E-state index in [4.69, 9.17) is 0 Å². The van der Waals surface area contributed by atoms with Crippen molar-refractivity contribution in [2.45, 2.75) is 62.0 Å². The van der Waals surface area contributed by atoms with Crippen molar-refractivity contribution < 1.29 is 8.78 Å². The fourth-order valence-corrected chi connectivity index (χ4v) is 3.61. The third-order valence-electron chi connectivity index (χ3n) is 4.12. The normalized spacial score (nSPS) is 23.8. The van der Waals surface area contributed by atoms with Crippen LogP contribution in [0.1, 0.15) is 56.9 Å². The predicted octanol–water partition coefficient (Wildman–Crippen LogP) is 6.08. The summed E-state index contributed by atoms with van der Waals surface area (Å²) in [5.74, 6) is -0.774. The van der Waals surface area contributed by atoms with Crippen LogP contribution in [0.15, 0.2) is 29.2 Å². The first-order valence-electron chi connectivity index (χ1n) is 7.23. The molecule has 1 fully saturated rings. The van der Waals surface area contributed by atoms with Crippen molar-refractivity contribution in [2.75, 3.05) is 0 Å². The van der Waals surface area contributed by atoms with Crippen molar-refractivity contribution in [1.29, 1.82) is 0 Å². The van der Waals surface area contributed by atoms with Gasteiger partial charge in [0.2, 0.25) is 0 Å². The maximum atomic E-state index is 12.3. The highest BCUT2D eigenvalue weighted by Gasteiger charge is 2.21. The number of halogens is 2. The van der Waals surface area contributed by atoms with E-state index < -0.39 is 5.76 Å². The molecule has 106 valence electrons.